The molecule has 7 heteroatoms. The fraction of sp³-hybridized carbons (Fsp3) is 0.300. The van der Waals surface area contributed by atoms with Crippen LogP contribution in [0.3, 0.4) is 0 Å². The molecule has 27 heavy (non-hydrogen) atoms. The van der Waals surface area contributed by atoms with Gasteiger partial charge < -0.3 is 16.0 Å². The van der Waals surface area contributed by atoms with Crippen molar-refractivity contribution in [3.63, 3.8) is 0 Å². The third-order valence-electron chi connectivity index (χ3n) is 4.63. The van der Waals surface area contributed by atoms with Gasteiger partial charge >= 0.3 is 0 Å². The van der Waals surface area contributed by atoms with Crippen molar-refractivity contribution in [1.82, 2.24) is 10.6 Å². The lowest BCUT2D eigenvalue weighted by atomic mass is 9.96. The van der Waals surface area contributed by atoms with Crippen molar-refractivity contribution < 1.29 is 13.6 Å². The van der Waals surface area contributed by atoms with Crippen LogP contribution in [-0.4, -0.2) is 32.0 Å². The molecule has 2 aromatic rings. The molecular formula is C20H22F2N4O. The van der Waals surface area contributed by atoms with E-state index < -0.39 is 5.82 Å². The van der Waals surface area contributed by atoms with Crippen LogP contribution in [0.15, 0.2) is 53.5 Å². The molecular weight excluding hydrogens is 350 g/mol. The number of carbonyl (C=O) groups excluding carboxylic acids is 1. The molecule has 0 heterocycles. The molecule has 1 saturated carbocycles. The number of hydrogen-bond acceptors (Lipinski definition) is 2. The van der Waals surface area contributed by atoms with Crippen LogP contribution in [0.5, 0.6) is 0 Å². The summed E-state index contributed by atoms with van der Waals surface area (Å²) in [5.41, 5.74) is 1.27. The molecule has 0 unspecified atom stereocenters. The Balaban J connectivity index is 1.49. The second-order valence-corrected chi connectivity index (χ2v) is 6.63. The van der Waals surface area contributed by atoms with Crippen LogP contribution in [0, 0.1) is 11.6 Å². The lowest BCUT2D eigenvalue weighted by Gasteiger charge is -2.19. The molecule has 1 aliphatic rings. The van der Waals surface area contributed by atoms with E-state index in [0.29, 0.717) is 18.2 Å². The van der Waals surface area contributed by atoms with E-state index in [-0.39, 0.29) is 23.7 Å². The molecule has 2 aromatic carbocycles. The molecule has 3 rings (SSSR count). The number of amides is 1. The zero-order valence-electron chi connectivity index (χ0n) is 15.1. The summed E-state index contributed by atoms with van der Waals surface area (Å²) in [4.78, 5) is 16.1. The third-order valence-corrected chi connectivity index (χ3v) is 4.63. The molecule has 1 amide bonds. The first kappa shape index (κ1) is 18.8. The lowest BCUT2D eigenvalue weighted by molar-refractivity contribution is -0.115. The SMILES string of the molecule is CN=C(NCC(=O)Nc1cccc(F)c1)NCC1(c2cccc(F)c2)CC1. The molecule has 0 saturated heterocycles. The number of nitrogens with zero attached hydrogens (tertiary/aromatic N) is 1. The van der Waals surface area contributed by atoms with Gasteiger partial charge in [0, 0.05) is 24.7 Å². The maximum Gasteiger partial charge on any atom is 0.243 e. The molecule has 0 atom stereocenters. The highest BCUT2D eigenvalue weighted by atomic mass is 19.1. The molecule has 1 aliphatic carbocycles. The number of carbonyl (C=O) groups is 1. The minimum Gasteiger partial charge on any atom is -0.356 e. The van der Waals surface area contributed by atoms with Gasteiger partial charge in [-0.1, -0.05) is 18.2 Å². The summed E-state index contributed by atoms with van der Waals surface area (Å²) in [7, 11) is 1.61. The highest BCUT2D eigenvalue weighted by Crippen LogP contribution is 2.47. The number of nitrogens with one attached hydrogen (secondary N) is 3. The average Bonchev–Trinajstić information content (AvgIpc) is 3.43. The van der Waals surface area contributed by atoms with Crippen LogP contribution in [-0.2, 0) is 10.2 Å². The smallest absolute Gasteiger partial charge is 0.243 e. The van der Waals surface area contributed by atoms with E-state index in [1.54, 1.807) is 25.2 Å². The predicted octanol–water partition coefficient (Wildman–Crippen LogP) is 2.80. The number of benzene rings is 2. The molecule has 3 N–H and O–H groups in total. The molecule has 142 valence electrons. The second-order valence-electron chi connectivity index (χ2n) is 6.63. The van der Waals surface area contributed by atoms with E-state index in [2.05, 4.69) is 20.9 Å². The Morgan fingerprint density at radius 2 is 1.78 bits per heavy atom. The van der Waals surface area contributed by atoms with Crippen LogP contribution in [0.2, 0.25) is 0 Å². The molecule has 5 nitrogen and oxygen atoms in total. The highest BCUT2D eigenvalue weighted by Gasteiger charge is 2.44. The number of rotatable bonds is 6. The number of anilines is 1. The van der Waals surface area contributed by atoms with Crippen LogP contribution in [0.4, 0.5) is 14.5 Å². The Kier molecular flexibility index (Phi) is 5.69. The van der Waals surface area contributed by atoms with Crippen LogP contribution < -0.4 is 16.0 Å². The molecule has 0 aromatic heterocycles. The van der Waals surface area contributed by atoms with Crippen LogP contribution >= 0.6 is 0 Å². The minimum atomic E-state index is -0.412. The Bertz CT molecular complexity index is 849. The topological polar surface area (TPSA) is 65.5 Å². The van der Waals surface area contributed by atoms with Gasteiger partial charge in [0.1, 0.15) is 11.6 Å². The largest absolute Gasteiger partial charge is 0.356 e. The van der Waals surface area contributed by atoms with Gasteiger partial charge in [-0.3, -0.25) is 9.79 Å². The summed E-state index contributed by atoms with van der Waals surface area (Å²) >= 11 is 0. The van der Waals surface area contributed by atoms with Crippen molar-refractivity contribution in [1.29, 1.82) is 0 Å². The molecule has 1 fully saturated rings. The lowest BCUT2D eigenvalue weighted by Crippen LogP contribution is -2.44. The van der Waals surface area contributed by atoms with Gasteiger partial charge in [-0.2, -0.15) is 0 Å². The van der Waals surface area contributed by atoms with Gasteiger partial charge in [-0.25, -0.2) is 8.78 Å². The highest BCUT2D eigenvalue weighted by molar-refractivity contribution is 5.95. The van der Waals surface area contributed by atoms with E-state index in [9.17, 15) is 13.6 Å². The average molecular weight is 372 g/mol. The third kappa shape index (κ3) is 5.03. The Labute approximate surface area is 156 Å². The van der Waals surface area contributed by atoms with Crippen LogP contribution in [0.1, 0.15) is 18.4 Å². The monoisotopic (exact) mass is 372 g/mol. The number of aliphatic imine (C=N–C) groups is 1. The van der Waals surface area contributed by atoms with E-state index in [4.69, 9.17) is 0 Å². The first-order valence-electron chi connectivity index (χ1n) is 8.77. The Hall–Kier alpha value is -2.96. The molecule has 0 spiro atoms. The van der Waals surface area contributed by atoms with Crippen molar-refractivity contribution in [2.75, 3.05) is 25.5 Å². The summed E-state index contributed by atoms with van der Waals surface area (Å²) in [6.07, 6.45) is 1.95. The fourth-order valence-electron chi connectivity index (χ4n) is 2.95. The van der Waals surface area contributed by atoms with Gasteiger partial charge in [0.15, 0.2) is 5.96 Å². The fourth-order valence-corrected chi connectivity index (χ4v) is 2.95. The maximum atomic E-state index is 13.5. The standard InChI is InChI=1S/C20H22F2N4O/c1-23-19(24-12-18(27)26-17-7-3-6-16(22)11-17)25-13-20(8-9-20)14-4-2-5-15(21)10-14/h2-7,10-11H,8-9,12-13H2,1H3,(H,26,27)(H2,23,24,25). The zero-order valence-corrected chi connectivity index (χ0v) is 15.1. The van der Waals surface area contributed by atoms with Gasteiger partial charge in [0.2, 0.25) is 5.91 Å². The zero-order chi connectivity index (χ0) is 19.3. The van der Waals surface area contributed by atoms with Crippen molar-refractivity contribution in [2.24, 2.45) is 4.99 Å². The second kappa shape index (κ2) is 8.16. The summed E-state index contributed by atoms with van der Waals surface area (Å²) in [5, 5.41) is 8.73. The van der Waals surface area contributed by atoms with Gasteiger partial charge in [0.05, 0.1) is 6.54 Å². The quantitative estimate of drug-likeness (QED) is 0.540. The maximum absolute atomic E-state index is 13.5. The van der Waals surface area contributed by atoms with Crippen molar-refractivity contribution >= 4 is 17.6 Å². The summed E-state index contributed by atoms with van der Waals surface area (Å²) in [6, 6.07) is 12.4. The van der Waals surface area contributed by atoms with Crippen molar-refractivity contribution in [3.8, 4) is 0 Å². The summed E-state index contributed by atoms with van der Waals surface area (Å²) in [5.74, 6) is -0.484. The van der Waals surface area contributed by atoms with E-state index in [1.807, 2.05) is 6.07 Å². The summed E-state index contributed by atoms with van der Waals surface area (Å²) in [6.45, 7) is 0.588. The van der Waals surface area contributed by atoms with Gasteiger partial charge in [-0.15, -0.1) is 0 Å². The first-order valence-corrected chi connectivity index (χ1v) is 8.77. The van der Waals surface area contributed by atoms with Crippen LogP contribution in [0.25, 0.3) is 0 Å². The number of guanidine groups is 1. The van der Waals surface area contributed by atoms with E-state index >= 15 is 0 Å². The minimum absolute atomic E-state index is 0.0108. The molecule has 0 radical (unpaired) electrons. The van der Waals surface area contributed by atoms with Gasteiger partial charge in [-0.05, 0) is 48.7 Å². The summed E-state index contributed by atoms with van der Waals surface area (Å²) < 4.78 is 26.6. The van der Waals surface area contributed by atoms with Crippen molar-refractivity contribution in [3.05, 3.63) is 65.7 Å². The Morgan fingerprint density at radius 3 is 2.41 bits per heavy atom. The number of halogens is 2. The number of hydrogen-bond donors (Lipinski definition) is 3. The van der Waals surface area contributed by atoms with E-state index in [0.717, 1.165) is 18.4 Å². The Morgan fingerprint density at radius 1 is 1.07 bits per heavy atom. The van der Waals surface area contributed by atoms with Crippen molar-refractivity contribution in [2.45, 2.75) is 18.3 Å². The van der Waals surface area contributed by atoms with E-state index in [1.165, 1.54) is 24.3 Å². The molecule has 0 bridgehead atoms. The normalized spacial score (nSPS) is 15.1. The predicted molar refractivity (Wildman–Crippen MR) is 102 cm³/mol. The molecule has 0 aliphatic heterocycles. The first-order chi connectivity index (χ1) is 13.0. The van der Waals surface area contributed by atoms with Gasteiger partial charge in [0.25, 0.3) is 0 Å².